The summed E-state index contributed by atoms with van der Waals surface area (Å²) in [6.07, 6.45) is 1.04. The average Bonchev–Trinajstić information content (AvgIpc) is 1.85. The number of carbonyl (C=O) groups is 1. The Labute approximate surface area is 74.0 Å². The highest BCUT2D eigenvalue weighted by Crippen LogP contribution is 2.28. The Morgan fingerprint density at radius 1 is 1.50 bits per heavy atom. The van der Waals surface area contributed by atoms with Crippen molar-refractivity contribution in [1.29, 1.82) is 0 Å². The molecule has 72 valence electrons. The Morgan fingerprint density at radius 3 is 2.25 bits per heavy atom. The van der Waals surface area contributed by atoms with E-state index in [1.807, 2.05) is 0 Å². The molecule has 0 rings (SSSR count). The predicted molar refractivity (Wildman–Crippen MR) is 48.5 cm³/mol. The minimum absolute atomic E-state index is 0.0458. The van der Waals surface area contributed by atoms with E-state index < -0.39 is 0 Å². The molecule has 0 saturated carbocycles. The summed E-state index contributed by atoms with van der Waals surface area (Å²) < 4.78 is 0. The molecule has 0 aromatic rings. The minimum atomic E-state index is -0.294. The van der Waals surface area contributed by atoms with Crippen LogP contribution in [0.3, 0.4) is 0 Å². The van der Waals surface area contributed by atoms with Gasteiger partial charge in [-0.1, -0.05) is 20.8 Å². The number of primary amides is 1. The first-order valence-corrected chi connectivity index (χ1v) is 4.27. The van der Waals surface area contributed by atoms with Crippen molar-refractivity contribution in [3.8, 4) is 0 Å². The summed E-state index contributed by atoms with van der Waals surface area (Å²) in [5.41, 5.74) is 5.06. The van der Waals surface area contributed by atoms with Crippen LogP contribution in [0.5, 0.6) is 0 Å². The topological polar surface area (TPSA) is 63.3 Å². The molecule has 1 atom stereocenters. The summed E-state index contributed by atoms with van der Waals surface area (Å²) in [5.74, 6) is -0.136. The number of carbonyl (C=O) groups excluding carboxylic acids is 1. The summed E-state index contributed by atoms with van der Waals surface area (Å²) in [6, 6.07) is 0. The maximum absolute atomic E-state index is 10.5. The van der Waals surface area contributed by atoms with Gasteiger partial charge in [0.2, 0.25) is 5.91 Å². The van der Waals surface area contributed by atoms with E-state index in [0.717, 1.165) is 0 Å². The fourth-order valence-corrected chi connectivity index (χ4v) is 1.11. The van der Waals surface area contributed by atoms with Gasteiger partial charge in [0, 0.05) is 13.0 Å². The van der Waals surface area contributed by atoms with Crippen LogP contribution in [-0.2, 0) is 4.79 Å². The van der Waals surface area contributed by atoms with Crippen molar-refractivity contribution in [3.63, 3.8) is 0 Å². The van der Waals surface area contributed by atoms with Gasteiger partial charge in [-0.25, -0.2) is 0 Å². The van der Waals surface area contributed by atoms with Gasteiger partial charge in [-0.05, 0) is 17.8 Å². The molecule has 12 heavy (non-hydrogen) atoms. The molecule has 0 aromatic heterocycles. The first-order chi connectivity index (χ1) is 5.38. The van der Waals surface area contributed by atoms with E-state index in [0.29, 0.717) is 12.8 Å². The monoisotopic (exact) mass is 173 g/mol. The molecule has 0 radical (unpaired) electrons. The molecule has 3 nitrogen and oxygen atoms in total. The van der Waals surface area contributed by atoms with Gasteiger partial charge in [-0.3, -0.25) is 4.79 Å². The fraction of sp³-hybridized carbons (Fsp3) is 0.889. The van der Waals surface area contributed by atoms with Crippen LogP contribution >= 0.6 is 0 Å². The fourth-order valence-electron chi connectivity index (χ4n) is 1.11. The molecule has 0 aliphatic heterocycles. The quantitative estimate of drug-likeness (QED) is 0.663. The van der Waals surface area contributed by atoms with Crippen molar-refractivity contribution < 1.29 is 9.90 Å². The number of rotatable bonds is 4. The van der Waals surface area contributed by atoms with Gasteiger partial charge >= 0.3 is 0 Å². The van der Waals surface area contributed by atoms with E-state index in [-0.39, 0.29) is 23.8 Å². The molecule has 3 N–H and O–H groups in total. The minimum Gasteiger partial charge on any atom is -0.396 e. The van der Waals surface area contributed by atoms with E-state index in [1.165, 1.54) is 0 Å². The van der Waals surface area contributed by atoms with Gasteiger partial charge in [0.15, 0.2) is 0 Å². The third-order valence-corrected chi connectivity index (χ3v) is 2.18. The zero-order valence-electron chi connectivity index (χ0n) is 8.13. The second-order valence-electron chi connectivity index (χ2n) is 4.25. The predicted octanol–water partition coefficient (Wildman–Crippen LogP) is 0.907. The van der Waals surface area contributed by atoms with Crippen molar-refractivity contribution in [2.45, 2.75) is 33.6 Å². The Morgan fingerprint density at radius 2 is 2.00 bits per heavy atom. The highest BCUT2D eigenvalue weighted by atomic mass is 16.3. The lowest BCUT2D eigenvalue weighted by Crippen LogP contribution is -2.25. The van der Waals surface area contributed by atoms with Crippen LogP contribution in [0.15, 0.2) is 0 Å². The van der Waals surface area contributed by atoms with Gasteiger partial charge in [-0.2, -0.15) is 0 Å². The maximum atomic E-state index is 10.5. The smallest absolute Gasteiger partial charge is 0.217 e. The Balaban J connectivity index is 3.92. The van der Waals surface area contributed by atoms with Gasteiger partial charge in [0.25, 0.3) is 0 Å². The largest absolute Gasteiger partial charge is 0.396 e. The number of amides is 1. The van der Waals surface area contributed by atoms with Gasteiger partial charge in [0.05, 0.1) is 0 Å². The number of aliphatic hydroxyl groups is 1. The highest BCUT2D eigenvalue weighted by Gasteiger charge is 2.23. The lowest BCUT2D eigenvalue weighted by atomic mass is 9.78. The summed E-state index contributed by atoms with van der Waals surface area (Å²) in [5, 5.41) is 9.02. The summed E-state index contributed by atoms with van der Waals surface area (Å²) in [4.78, 5) is 10.5. The maximum Gasteiger partial charge on any atom is 0.217 e. The molecule has 0 bridgehead atoms. The Hall–Kier alpha value is -0.570. The second kappa shape index (κ2) is 4.45. The molecule has 0 aliphatic carbocycles. The Bertz CT molecular complexity index is 149. The van der Waals surface area contributed by atoms with Gasteiger partial charge in [-0.15, -0.1) is 0 Å². The van der Waals surface area contributed by atoms with Gasteiger partial charge < -0.3 is 10.8 Å². The van der Waals surface area contributed by atoms with Crippen LogP contribution in [0.4, 0.5) is 0 Å². The van der Waals surface area contributed by atoms with Crippen LogP contribution in [0, 0.1) is 11.3 Å². The first kappa shape index (κ1) is 11.4. The van der Waals surface area contributed by atoms with E-state index in [9.17, 15) is 4.79 Å². The molecule has 3 heteroatoms. The molecule has 0 spiro atoms. The van der Waals surface area contributed by atoms with E-state index >= 15 is 0 Å². The summed E-state index contributed by atoms with van der Waals surface area (Å²) in [7, 11) is 0. The van der Waals surface area contributed by atoms with Crippen LogP contribution in [-0.4, -0.2) is 17.6 Å². The van der Waals surface area contributed by atoms with E-state index in [1.54, 1.807) is 0 Å². The van der Waals surface area contributed by atoms with Crippen molar-refractivity contribution in [3.05, 3.63) is 0 Å². The lowest BCUT2D eigenvalue weighted by molar-refractivity contribution is -0.118. The average molecular weight is 173 g/mol. The standard InChI is InChI=1S/C9H19NO2/c1-9(2,3)7(6-11)4-5-8(10)12/h7,11H,4-6H2,1-3H3,(H2,10,12). The molecule has 0 saturated heterocycles. The van der Waals surface area contributed by atoms with Crippen LogP contribution in [0.25, 0.3) is 0 Å². The number of hydrogen-bond acceptors (Lipinski definition) is 2. The van der Waals surface area contributed by atoms with Gasteiger partial charge in [0.1, 0.15) is 0 Å². The molecule has 1 amide bonds. The first-order valence-electron chi connectivity index (χ1n) is 4.27. The molecule has 0 aliphatic rings. The SMILES string of the molecule is CC(C)(C)C(CO)CCC(N)=O. The molecule has 0 aromatic carbocycles. The molecule has 0 heterocycles. The molecule has 0 fully saturated rings. The van der Waals surface area contributed by atoms with E-state index in [2.05, 4.69) is 20.8 Å². The van der Waals surface area contributed by atoms with Crippen molar-refractivity contribution >= 4 is 5.91 Å². The Kier molecular flexibility index (Phi) is 4.24. The van der Waals surface area contributed by atoms with Crippen LogP contribution < -0.4 is 5.73 Å². The second-order valence-corrected chi connectivity index (χ2v) is 4.25. The number of aliphatic hydroxyl groups excluding tert-OH is 1. The van der Waals surface area contributed by atoms with Crippen LogP contribution in [0.2, 0.25) is 0 Å². The zero-order chi connectivity index (χ0) is 9.78. The third-order valence-electron chi connectivity index (χ3n) is 2.18. The number of nitrogens with two attached hydrogens (primary N) is 1. The van der Waals surface area contributed by atoms with Crippen LogP contribution in [0.1, 0.15) is 33.6 Å². The highest BCUT2D eigenvalue weighted by molar-refractivity contribution is 5.73. The molecular weight excluding hydrogens is 154 g/mol. The summed E-state index contributed by atoms with van der Waals surface area (Å²) in [6.45, 7) is 6.27. The molecular formula is C9H19NO2. The zero-order valence-corrected chi connectivity index (χ0v) is 8.13. The van der Waals surface area contributed by atoms with E-state index in [4.69, 9.17) is 10.8 Å². The third kappa shape index (κ3) is 4.34. The normalized spacial score (nSPS) is 14.3. The van der Waals surface area contributed by atoms with Crippen molar-refractivity contribution in [2.24, 2.45) is 17.1 Å². The lowest BCUT2D eigenvalue weighted by Gasteiger charge is -2.28. The molecule has 1 unspecified atom stereocenters. The van der Waals surface area contributed by atoms with Crippen molar-refractivity contribution in [2.75, 3.05) is 6.61 Å². The number of hydrogen-bond donors (Lipinski definition) is 2. The summed E-state index contributed by atoms with van der Waals surface area (Å²) >= 11 is 0. The van der Waals surface area contributed by atoms with Crippen molar-refractivity contribution in [1.82, 2.24) is 0 Å².